The maximum absolute atomic E-state index is 4.90. The number of hydrogen-bond donors (Lipinski definition) is 1. The lowest BCUT2D eigenvalue weighted by atomic mass is 9.87. The van der Waals surface area contributed by atoms with Gasteiger partial charge in [-0.05, 0) is 54.5 Å². The number of benzene rings is 2. The van der Waals surface area contributed by atoms with Crippen molar-refractivity contribution in [1.82, 2.24) is 25.1 Å². The molecule has 2 aromatic carbocycles. The van der Waals surface area contributed by atoms with E-state index in [0.29, 0.717) is 22.9 Å². The maximum Gasteiger partial charge on any atom is 0.202 e. The second-order valence-electron chi connectivity index (χ2n) is 9.75. The third-order valence-electron chi connectivity index (χ3n) is 8.19. The monoisotopic (exact) mass is 446 g/mol. The molecular formula is C28H26N6. The van der Waals surface area contributed by atoms with Gasteiger partial charge in [-0.3, -0.25) is 10.1 Å². The molecule has 0 amide bonds. The summed E-state index contributed by atoms with van der Waals surface area (Å²) in [6, 6.07) is 19.4. The summed E-state index contributed by atoms with van der Waals surface area (Å²) in [4.78, 5) is 16.6. The summed E-state index contributed by atoms with van der Waals surface area (Å²) >= 11 is 0. The standard InChI is InChI=1S/C28H26N6/c1-3-28(20-9-5-4-6-10-20)21-15-34(16-22(21)28)23-14-30-26-25(32-33-27(26)31-23)19-12-17(2)24-18(13-19)8-7-11-29-24/h4-14,21-22H,3,15-16H2,1-2H3,(H,31,32,33)/t21-,22+,28?. The van der Waals surface area contributed by atoms with Crippen molar-refractivity contribution in [2.45, 2.75) is 25.7 Å². The topological polar surface area (TPSA) is 70.6 Å². The lowest BCUT2D eigenvalue weighted by molar-refractivity contribution is 0.526. The average molecular weight is 447 g/mol. The maximum atomic E-state index is 4.90. The van der Waals surface area contributed by atoms with Crippen LogP contribution in [0.2, 0.25) is 0 Å². The lowest BCUT2D eigenvalue weighted by Gasteiger charge is -2.27. The van der Waals surface area contributed by atoms with Crippen molar-refractivity contribution < 1.29 is 0 Å². The molecule has 0 radical (unpaired) electrons. The predicted molar refractivity (Wildman–Crippen MR) is 135 cm³/mol. The number of hydrogen-bond acceptors (Lipinski definition) is 5. The summed E-state index contributed by atoms with van der Waals surface area (Å²) in [7, 11) is 0. The molecule has 34 heavy (non-hydrogen) atoms. The first kappa shape index (κ1) is 19.6. The summed E-state index contributed by atoms with van der Waals surface area (Å²) in [5.74, 6) is 2.29. The zero-order chi connectivity index (χ0) is 22.9. The van der Waals surface area contributed by atoms with Crippen LogP contribution in [0.3, 0.4) is 0 Å². The van der Waals surface area contributed by atoms with E-state index < -0.39 is 0 Å². The largest absolute Gasteiger partial charge is 0.355 e. The van der Waals surface area contributed by atoms with Crippen LogP contribution in [0.25, 0.3) is 33.3 Å². The van der Waals surface area contributed by atoms with Crippen LogP contribution in [0.5, 0.6) is 0 Å². The molecule has 7 rings (SSSR count). The third-order valence-corrected chi connectivity index (χ3v) is 8.19. The molecule has 3 atom stereocenters. The van der Waals surface area contributed by atoms with Crippen molar-refractivity contribution in [3.8, 4) is 11.3 Å². The Bertz CT molecular complexity index is 1530. The molecule has 3 aromatic heterocycles. The molecule has 1 saturated heterocycles. The normalized spacial score (nSPS) is 23.5. The molecule has 1 aliphatic carbocycles. The number of aromatic amines is 1. The van der Waals surface area contributed by atoms with Crippen LogP contribution in [-0.4, -0.2) is 38.2 Å². The Balaban J connectivity index is 1.18. The van der Waals surface area contributed by atoms with Crippen LogP contribution in [0, 0.1) is 18.8 Å². The fourth-order valence-electron chi connectivity index (χ4n) is 6.49. The molecule has 2 fully saturated rings. The molecule has 0 bridgehead atoms. The van der Waals surface area contributed by atoms with E-state index in [1.807, 2.05) is 18.5 Å². The van der Waals surface area contributed by atoms with Gasteiger partial charge in [0.15, 0.2) is 0 Å². The molecule has 1 unspecified atom stereocenters. The summed E-state index contributed by atoms with van der Waals surface area (Å²) < 4.78 is 0. The van der Waals surface area contributed by atoms with Gasteiger partial charge in [0, 0.05) is 35.7 Å². The molecule has 1 aliphatic heterocycles. The second-order valence-corrected chi connectivity index (χ2v) is 9.75. The van der Waals surface area contributed by atoms with Crippen LogP contribution in [0.15, 0.2) is 67.0 Å². The molecule has 0 spiro atoms. The van der Waals surface area contributed by atoms with Crippen LogP contribution in [0.1, 0.15) is 24.5 Å². The molecular weight excluding hydrogens is 420 g/mol. The first-order chi connectivity index (χ1) is 16.7. The summed E-state index contributed by atoms with van der Waals surface area (Å²) in [5.41, 5.74) is 7.42. The van der Waals surface area contributed by atoms with Crippen molar-refractivity contribution in [2.24, 2.45) is 11.8 Å². The summed E-state index contributed by atoms with van der Waals surface area (Å²) in [5, 5.41) is 8.82. The Kier molecular flexibility index (Phi) is 4.10. The van der Waals surface area contributed by atoms with Crippen LogP contribution in [0.4, 0.5) is 5.82 Å². The van der Waals surface area contributed by atoms with Crippen molar-refractivity contribution in [3.05, 3.63) is 78.1 Å². The average Bonchev–Trinajstić information content (AvgIpc) is 3.20. The number of nitrogens with zero attached hydrogens (tertiary/aromatic N) is 5. The SMILES string of the molecule is CCC1(c2ccccc2)[C@@H]2CN(c3cnc4c(-c5cc(C)c6ncccc6c5)[nH]nc4n3)C[C@@H]21. The third kappa shape index (κ3) is 2.68. The van der Waals surface area contributed by atoms with Crippen molar-refractivity contribution >= 4 is 27.9 Å². The number of piperidine rings is 1. The lowest BCUT2D eigenvalue weighted by Crippen LogP contribution is -2.30. The molecule has 5 aromatic rings. The minimum absolute atomic E-state index is 0.331. The number of aromatic nitrogens is 5. The minimum Gasteiger partial charge on any atom is -0.355 e. The fraction of sp³-hybridized carbons (Fsp3) is 0.286. The van der Waals surface area contributed by atoms with Crippen molar-refractivity contribution in [1.29, 1.82) is 0 Å². The van der Waals surface area contributed by atoms with Gasteiger partial charge >= 0.3 is 0 Å². The number of aryl methyl sites for hydroxylation is 1. The van der Waals surface area contributed by atoms with E-state index in [4.69, 9.17) is 9.97 Å². The van der Waals surface area contributed by atoms with E-state index in [-0.39, 0.29) is 0 Å². The highest BCUT2D eigenvalue weighted by Gasteiger charge is 2.67. The Hall–Kier alpha value is -3.80. The van der Waals surface area contributed by atoms with Gasteiger partial charge in [-0.1, -0.05) is 43.3 Å². The number of pyridine rings is 1. The van der Waals surface area contributed by atoms with Gasteiger partial charge in [0.1, 0.15) is 11.3 Å². The van der Waals surface area contributed by atoms with Crippen LogP contribution < -0.4 is 4.90 Å². The second kappa shape index (κ2) is 7.10. The molecule has 4 heterocycles. The molecule has 1 N–H and O–H groups in total. The highest BCUT2D eigenvalue weighted by atomic mass is 15.3. The van der Waals surface area contributed by atoms with E-state index in [1.165, 1.54) is 12.0 Å². The van der Waals surface area contributed by atoms with Crippen LogP contribution >= 0.6 is 0 Å². The van der Waals surface area contributed by atoms with Gasteiger partial charge in [0.2, 0.25) is 5.65 Å². The van der Waals surface area contributed by atoms with E-state index in [1.54, 1.807) is 0 Å². The van der Waals surface area contributed by atoms with Gasteiger partial charge in [0.25, 0.3) is 0 Å². The minimum atomic E-state index is 0.331. The molecule has 168 valence electrons. The first-order valence-electron chi connectivity index (χ1n) is 12.1. The van der Waals surface area contributed by atoms with E-state index in [0.717, 1.165) is 52.1 Å². The Morgan fingerprint density at radius 1 is 1.00 bits per heavy atom. The smallest absolute Gasteiger partial charge is 0.202 e. The van der Waals surface area contributed by atoms with Crippen molar-refractivity contribution in [3.63, 3.8) is 0 Å². The van der Waals surface area contributed by atoms with Crippen molar-refractivity contribution in [2.75, 3.05) is 18.0 Å². The fourth-order valence-corrected chi connectivity index (χ4v) is 6.49. The number of rotatable bonds is 4. The van der Waals surface area contributed by atoms with Crippen LogP contribution in [-0.2, 0) is 5.41 Å². The first-order valence-corrected chi connectivity index (χ1v) is 12.1. The van der Waals surface area contributed by atoms with E-state index >= 15 is 0 Å². The van der Waals surface area contributed by atoms with Gasteiger partial charge in [0.05, 0.1) is 17.4 Å². The number of anilines is 1. The zero-order valence-electron chi connectivity index (χ0n) is 19.4. The Morgan fingerprint density at radius 3 is 2.62 bits per heavy atom. The Morgan fingerprint density at radius 2 is 1.82 bits per heavy atom. The van der Waals surface area contributed by atoms with Gasteiger partial charge in [-0.2, -0.15) is 5.10 Å². The highest BCUT2D eigenvalue weighted by molar-refractivity contribution is 5.93. The van der Waals surface area contributed by atoms with Gasteiger partial charge in [-0.15, -0.1) is 0 Å². The highest BCUT2D eigenvalue weighted by Crippen LogP contribution is 2.65. The van der Waals surface area contributed by atoms with Gasteiger partial charge in [-0.25, -0.2) is 9.97 Å². The predicted octanol–water partition coefficient (Wildman–Crippen LogP) is 5.29. The van der Waals surface area contributed by atoms with Gasteiger partial charge < -0.3 is 4.90 Å². The number of nitrogens with one attached hydrogen (secondary N) is 1. The zero-order valence-corrected chi connectivity index (χ0v) is 19.4. The Labute approximate surface area is 198 Å². The molecule has 2 aliphatic rings. The summed E-state index contributed by atoms with van der Waals surface area (Å²) in [6.07, 6.45) is 4.94. The van der Waals surface area contributed by atoms with E-state index in [9.17, 15) is 0 Å². The summed E-state index contributed by atoms with van der Waals surface area (Å²) in [6.45, 7) is 6.48. The number of H-pyrrole nitrogens is 1. The molecule has 6 nitrogen and oxygen atoms in total. The molecule has 1 saturated carbocycles. The quantitative estimate of drug-likeness (QED) is 0.406. The number of fused-ring (bicyclic) bond motifs is 3. The molecule has 6 heteroatoms. The van der Waals surface area contributed by atoms with E-state index in [2.05, 4.69) is 82.5 Å².